The van der Waals surface area contributed by atoms with Crippen LogP contribution < -0.4 is 10.6 Å². The number of nitrogens with zero attached hydrogens (tertiary/aromatic N) is 1. The van der Waals surface area contributed by atoms with Crippen molar-refractivity contribution >= 4 is 23.4 Å². The molecule has 1 aliphatic carbocycles. The fourth-order valence-electron chi connectivity index (χ4n) is 4.35. The average molecular weight is 450 g/mol. The monoisotopic (exact) mass is 449 g/mol. The van der Waals surface area contributed by atoms with E-state index in [1.807, 2.05) is 32.2 Å². The van der Waals surface area contributed by atoms with E-state index in [2.05, 4.69) is 15.6 Å². The van der Waals surface area contributed by atoms with Gasteiger partial charge in [-0.05, 0) is 44.5 Å². The number of aryl methyl sites for hydroxylation is 1. The molecule has 2 atom stereocenters. The molecule has 0 radical (unpaired) electrons. The van der Waals surface area contributed by atoms with Gasteiger partial charge in [0.2, 0.25) is 5.78 Å². The fraction of sp³-hybridized carbons (Fsp3) is 0.360. The van der Waals surface area contributed by atoms with E-state index in [9.17, 15) is 14.4 Å². The van der Waals surface area contributed by atoms with Gasteiger partial charge in [-0.3, -0.25) is 9.59 Å². The fourth-order valence-corrected chi connectivity index (χ4v) is 4.35. The summed E-state index contributed by atoms with van der Waals surface area (Å²) in [6.07, 6.45) is 5.29. The number of benzene rings is 1. The zero-order chi connectivity index (χ0) is 23.6. The van der Waals surface area contributed by atoms with Crippen molar-refractivity contribution < 1.29 is 23.9 Å². The Morgan fingerprint density at radius 3 is 2.61 bits per heavy atom. The number of fused-ring (bicyclic) bond motifs is 2. The molecule has 0 bridgehead atoms. The van der Waals surface area contributed by atoms with Crippen molar-refractivity contribution in [2.45, 2.75) is 37.4 Å². The largest absolute Gasteiger partial charge is 0.466 e. The van der Waals surface area contributed by atoms with Crippen LogP contribution in [0.4, 0.5) is 5.82 Å². The van der Waals surface area contributed by atoms with E-state index < -0.39 is 23.0 Å². The molecular formula is C25H27N3O5. The number of hydrogen-bond donors (Lipinski definition) is 2. The molecule has 4 rings (SSSR count). The van der Waals surface area contributed by atoms with E-state index in [-0.39, 0.29) is 23.3 Å². The standard InChI is InChI=1S/C25H27N3O5/c1-16(8-9-17-11-13-27-20(14-17)28-15-26-2)10-12-24-21(29)18-6-4-5-7-19(18)22(30)25(24,33-24)23(31)32-3/h4-7,10-11,13-14,26H,8-9,12,15H2,1-3H3,(H,27,28). The van der Waals surface area contributed by atoms with E-state index >= 15 is 0 Å². The summed E-state index contributed by atoms with van der Waals surface area (Å²) < 4.78 is 10.6. The molecule has 1 aromatic heterocycles. The maximum absolute atomic E-state index is 13.3. The summed E-state index contributed by atoms with van der Waals surface area (Å²) in [5, 5.41) is 6.18. The number of carbonyl (C=O) groups excluding carboxylic acids is 3. The normalized spacial score (nSPS) is 23.5. The molecule has 0 amide bonds. The molecule has 33 heavy (non-hydrogen) atoms. The number of Topliss-reactive ketones (excluding diaryl/α,β-unsaturated/α-hetero) is 2. The lowest BCUT2D eigenvalue weighted by Gasteiger charge is -2.22. The molecule has 2 N–H and O–H groups in total. The summed E-state index contributed by atoms with van der Waals surface area (Å²) in [6, 6.07) is 10.5. The van der Waals surface area contributed by atoms with Crippen molar-refractivity contribution in [1.29, 1.82) is 0 Å². The number of methoxy groups -OCH3 is 1. The zero-order valence-corrected chi connectivity index (χ0v) is 18.9. The van der Waals surface area contributed by atoms with Crippen LogP contribution in [0, 0.1) is 0 Å². The van der Waals surface area contributed by atoms with Gasteiger partial charge in [-0.25, -0.2) is 9.78 Å². The summed E-state index contributed by atoms with van der Waals surface area (Å²) in [5.74, 6) is -0.920. The topological polar surface area (TPSA) is 110 Å². The predicted octanol–water partition coefficient (Wildman–Crippen LogP) is 2.70. The Bertz CT molecular complexity index is 1140. The lowest BCUT2D eigenvalue weighted by Crippen LogP contribution is -2.50. The first kappa shape index (κ1) is 22.8. The van der Waals surface area contributed by atoms with Gasteiger partial charge in [0, 0.05) is 23.7 Å². The molecule has 2 aromatic rings. The van der Waals surface area contributed by atoms with Crippen LogP contribution in [0.3, 0.4) is 0 Å². The van der Waals surface area contributed by atoms with E-state index in [1.54, 1.807) is 30.5 Å². The van der Waals surface area contributed by atoms with Crippen molar-refractivity contribution in [2.24, 2.45) is 0 Å². The molecular weight excluding hydrogens is 422 g/mol. The van der Waals surface area contributed by atoms with Crippen LogP contribution in [0.15, 0.2) is 54.2 Å². The second-order valence-electron chi connectivity index (χ2n) is 8.32. The minimum Gasteiger partial charge on any atom is -0.466 e. The highest BCUT2D eigenvalue weighted by molar-refractivity contribution is 6.32. The van der Waals surface area contributed by atoms with E-state index in [0.29, 0.717) is 6.67 Å². The third-order valence-electron chi connectivity index (χ3n) is 6.25. The maximum atomic E-state index is 13.3. The summed E-state index contributed by atoms with van der Waals surface area (Å²) in [4.78, 5) is 43.4. The lowest BCUT2D eigenvalue weighted by atomic mass is 9.72. The van der Waals surface area contributed by atoms with Crippen molar-refractivity contribution in [3.63, 3.8) is 0 Å². The Morgan fingerprint density at radius 2 is 1.91 bits per heavy atom. The van der Waals surface area contributed by atoms with Gasteiger partial charge in [0.25, 0.3) is 5.60 Å². The third kappa shape index (κ3) is 3.75. The molecule has 1 saturated heterocycles. The van der Waals surface area contributed by atoms with Gasteiger partial charge in [-0.15, -0.1) is 0 Å². The quantitative estimate of drug-likeness (QED) is 0.198. The van der Waals surface area contributed by atoms with E-state index in [0.717, 1.165) is 29.8 Å². The molecule has 1 fully saturated rings. The number of nitrogens with one attached hydrogen (secondary N) is 2. The lowest BCUT2D eigenvalue weighted by molar-refractivity contribution is -0.145. The number of carbonyl (C=O) groups is 3. The first-order valence-corrected chi connectivity index (χ1v) is 10.9. The van der Waals surface area contributed by atoms with Crippen molar-refractivity contribution in [2.75, 3.05) is 26.1 Å². The molecule has 8 nitrogen and oxygen atoms in total. The number of rotatable bonds is 9. The van der Waals surface area contributed by atoms with Crippen LogP contribution in [0.5, 0.6) is 0 Å². The minimum atomic E-state index is -1.90. The Kier molecular flexibility index (Phi) is 6.14. The molecule has 172 valence electrons. The van der Waals surface area contributed by atoms with Crippen LogP contribution in [0.2, 0.25) is 0 Å². The van der Waals surface area contributed by atoms with Gasteiger partial charge in [0.05, 0.1) is 13.8 Å². The molecule has 2 heterocycles. The van der Waals surface area contributed by atoms with Crippen molar-refractivity contribution in [1.82, 2.24) is 10.3 Å². The molecule has 2 unspecified atom stereocenters. The van der Waals surface area contributed by atoms with Crippen LogP contribution in [0.1, 0.15) is 46.0 Å². The third-order valence-corrected chi connectivity index (χ3v) is 6.25. The Hall–Kier alpha value is -3.36. The smallest absolute Gasteiger partial charge is 0.350 e. The highest BCUT2D eigenvalue weighted by Gasteiger charge is 2.85. The molecule has 1 aromatic carbocycles. The van der Waals surface area contributed by atoms with Gasteiger partial charge in [0.1, 0.15) is 5.82 Å². The zero-order valence-electron chi connectivity index (χ0n) is 18.9. The number of hydrogen-bond acceptors (Lipinski definition) is 8. The van der Waals surface area contributed by atoms with Gasteiger partial charge in [-0.2, -0.15) is 0 Å². The van der Waals surface area contributed by atoms with Gasteiger partial charge in [0.15, 0.2) is 11.4 Å². The average Bonchev–Trinajstić information content (AvgIpc) is 3.55. The first-order valence-electron chi connectivity index (χ1n) is 10.9. The number of aromatic nitrogens is 1. The predicted molar refractivity (Wildman–Crippen MR) is 122 cm³/mol. The van der Waals surface area contributed by atoms with Gasteiger partial charge < -0.3 is 20.1 Å². The summed E-state index contributed by atoms with van der Waals surface area (Å²) >= 11 is 0. The van der Waals surface area contributed by atoms with Crippen molar-refractivity contribution in [3.8, 4) is 0 Å². The van der Waals surface area contributed by atoms with Crippen LogP contribution in [-0.4, -0.2) is 54.5 Å². The SMILES string of the molecule is CNCNc1cc(CCC(C)=CCC23OC2(C(=O)OC)C(=O)c2ccccc2C3=O)ccn1. The molecule has 0 spiro atoms. The molecule has 0 saturated carbocycles. The van der Waals surface area contributed by atoms with Gasteiger partial charge >= 0.3 is 5.97 Å². The maximum Gasteiger partial charge on any atom is 0.350 e. The number of ketones is 2. The minimum absolute atomic E-state index is 0.123. The van der Waals surface area contributed by atoms with Crippen LogP contribution in [0.25, 0.3) is 0 Å². The first-order chi connectivity index (χ1) is 15.9. The number of allylic oxidation sites excluding steroid dienone is 1. The van der Waals surface area contributed by atoms with Crippen LogP contribution >= 0.6 is 0 Å². The number of esters is 1. The van der Waals surface area contributed by atoms with Crippen LogP contribution in [-0.2, 0) is 20.7 Å². The van der Waals surface area contributed by atoms with Crippen molar-refractivity contribution in [3.05, 3.63) is 70.9 Å². The number of ether oxygens (including phenoxy) is 2. The molecule has 2 aliphatic rings. The molecule has 8 heteroatoms. The number of anilines is 1. The summed E-state index contributed by atoms with van der Waals surface area (Å²) in [5.41, 5.74) is -0.819. The Balaban J connectivity index is 1.51. The summed E-state index contributed by atoms with van der Waals surface area (Å²) in [6.45, 7) is 2.58. The number of epoxide rings is 1. The second-order valence-corrected chi connectivity index (χ2v) is 8.32. The van der Waals surface area contributed by atoms with E-state index in [1.165, 1.54) is 7.11 Å². The Morgan fingerprint density at radius 1 is 1.18 bits per heavy atom. The second kappa shape index (κ2) is 8.88. The molecule has 1 aliphatic heterocycles. The Labute approximate surface area is 192 Å². The van der Waals surface area contributed by atoms with Gasteiger partial charge in [-0.1, -0.05) is 35.9 Å². The highest BCUT2D eigenvalue weighted by Crippen LogP contribution is 2.58. The number of pyridine rings is 1. The highest BCUT2D eigenvalue weighted by atomic mass is 16.7. The van der Waals surface area contributed by atoms with E-state index in [4.69, 9.17) is 9.47 Å². The summed E-state index contributed by atoms with van der Waals surface area (Å²) in [7, 11) is 3.05.